The smallest absolute Gasteiger partial charge is 0.243 e. The summed E-state index contributed by atoms with van der Waals surface area (Å²) in [5, 5.41) is 8.82. The summed E-state index contributed by atoms with van der Waals surface area (Å²) in [5.74, 6) is 0.596. The highest BCUT2D eigenvalue weighted by molar-refractivity contribution is 7.89. The van der Waals surface area contributed by atoms with Crippen LogP contribution in [0.3, 0.4) is 0 Å². The first-order valence-electron chi connectivity index (χ1n) is 8.23. The monoisotopic (exact) mass is 374 g/mol. The van der Waals surface area contributed by atoms with Crippen LogP contribution < -0.4 is 4.74 Å². The highest BCUT2D eigenvalue weighted by Gasteiger charge is 2.20. The number of ether oxygens (including phenoxy) is 2. The van der Waals surface area contributed by atoms with Crippen molar-refractivity contribution in [2.75, 3.05) is 26.9 Å². The first kappa shape index (κ1) is 19.9. The fraction of sp³-hybridized carbons (Fsp3) is 0.316. The van der Waals surface area contributed by atoms with E-state index in [1.165, 1.54) is 23.5 Å². The maximum absolute atomic E-state index is 12.7. The van der Waals surface area contributed by atoms with Gasteiger partial charge in [-0.3, -0.25) is 0 Å². The van der Waals surface area contributed by atoms with E-state index in [4.69, 9.17) is 14.7 Å². The van der Waals surface area contributed by atoms with Gasteiger partial charge in [0, 0.05) is 20.2 Å². The van der Waals surface area contributed by atoms with Gasteiger partial charge in [-0.2, -0.15) is 9.57 Å². The van der Waals surface area contributed by atoms with Crippen LogP contribution in [0, 0.1) is 11.3 Å². The molecule has 0 aliphatic rings. The summed E-state index contributed by atoms with van der Waals surface area (Å²) < 4.78 is 37.3. The summed E-state index contributed by atoms with van der Waals surface area (Å²) in [5.41, 5.74) is 1.35. The van der Waals surface area contributed by atoms with Gasteiger partial charge in [0.15, 0.2) is 0 Å². The maximum atomic E-state index is 12.7. The maximum Gasteiger partial charge on any atom is 0.243 e. The number of hydrogen-bond donors (Lipinski definition) is 0. The third kappa shape index (κ3) is 5.30. The van der Waals surface area contributed by atoms with Crippen molar-refractivity contribution in [1.29, 1.82) is 5.26 Å². The van der Waals surface area contributed by atoms with Crippen LogP contribution in [0.2, 0.25) is 0 Å². The van der Waals surface area contributed by atoms with Crippen LogP contribution >= 0.6 is 0 Å². The topological polar surface area (TPSA) is 79.6 Å². The Morgan fingerprint density at radius 1 is 1.04 bits per heavy atom. The van der Waals surface area contributed by atoms with Gasteiger partial charge in [0.1, 0.15) is 12.4 Å². The number of benzene rings is 2. The Labute approximate surface area is 154 Å². The van der Waals surface area contributed by atoms with E-state index in [1.807, 2.05) is 13.0 Å². The molecule has 0 spiro atoms. The van der Waals surface area contributed by atoms with Gasteiger partial charge in [-0.1, -0.05) is 12.1 Å². The zero-order valence-electron chi connectivity index (χ0n) is 14.9. The van der Waals surface area contributed by atoms with Crippen molar-refractivity contribution in [1.82, 2.24) is 4.31 Å². The lowest BCUT2D eigenvalue weighted by molar-refractivity contribution is 0.110. The molecule has 0 aliphatic heterocycles. The van der Waals surface area contributed by atoms with Crippen molar-refractivity contribution in [2.45, 2.75) is 18.4 Å². The summed E-state index contributed by atoms with van der Waals surface area (Å²) in [6.45, 7) is 3.67. The summed E-state index contributed by atoms with van der Waals surface area (Å²) in [6, 6.07) is 15.2. The van der Waals surface area contributed by atoms with Gasteiger partial charge in [-0.15, -0.1) is 0 Å². The molecule has 26 heavy (non-hydrogen) atoms. The molecule has 138 valence electrons. The molecule has 2 rings (SSSR count). The highest BCUT2D eigenvalue weighted by Crippen LogP contribution is 2.20. The molecule has 0 aliphatic carbocycles. The third-order valence-corrected chi connectivity index (χ3v) is 5.54. The molecule has 0 saturated heterocycles. The SMILES string of the molecule is CCOCCOc1ccc(S(=O)(=O)N(C)Cc2ccc(C#N)cc2)cc1. The van der Waals surface area contributed by atoms with Crippen molar-refractivity contribution in [2.24, 2.45) is 0 Å². The molecular formula is C19H22N2O4S. The lowest BCUT2D eigenvalue weighted by Crippen LogP contribution is -2.26. The van der Waals surface area contributed by atoms with E-state index < -0.39 is 10.0 Å². The van der Waals surface area contributed by atoms with Crippen LogP contribution in [-0.4, -0.2) is 39.6 Å². The number of nitrogens with zero attached hydrogens (tertiary/aromatic N) is 2. The van der Waals surface area contributed by atoms with Crippen LogP contribution in [0.25, 0.3) is 0 Å². The van der Waals surface area contributed by atoms with Crippen LogP contribution in [-0.2, 0) is 21.3 Å². The van der Waals surface area contributed by atoms with Gasteiger partial charge in [0.2, 0.25) is 10.0 Å². The minimum absolute atomic E-state index is 0.200. The normalized spacial score (nSPS) is 11.3. The van der Waals surface area contributed by atoms with Gasteiger partial charge in [-0.25, -0.2) is 8.42 Å². The van der Waals surface area contributed by atoms with E-state index in [0.29, 0.717) is 31.1 Å². The van der Waals surface area contributed by atoms with E-state index >= 15 is 0 Å². The number of hydrogen-bond acceptors (Lipinski definition) is 5. The van der Waals surface area contributed by atoms with Crippen LogP contribution in [0.15, 0.2) is 53.4 Å². The first-order valence-corrected chi connectivity index (χ1v) is 9.67. The molecule has 7 heteroatoms. The Balaban J connectivity index is 2.02. The Bertz CT molecular complexity index is 841. The summed E-state index contributed by atoms with van der Waals surface area (Å²) >= 11 is 0. The number of nitriles is 1. The van der Waals surface area contributed by atoms with Crippen LogP contribution in [0.4, 0.5) is 0 Å². The molecule has 0 atom stereocenters. The van der Waals surface area contributed by atoms with Gasteiger partial charge in [0.05, 0.1) is 23.1 Å². The quantitative estimate of drug-likeness (QED) is 0.631. The zero-order valence-corrected chi connectivity index (χ0v) is 15.7. The molecule has 0 aromatic heterocycles. The first-order chi connectivity index (χ1) is 12.5. The van der Waals surface area contributed by atoms with E-state index in [2.05, 4.69) is 0 Å². The van der Waals surface area contributed by atoms with Gasteiger partial charge >= 0.3 is 0 Å². The Morgan fingerprint density at radius 2 is 1.69 bits per heavy atom. The minimum Gasteiger partial charge on any atom is -0.491 e. The molecule has 0 bridgehead atoms. The van der Waals surface area contributed by atoms with E-state index in [9.17, 15) is 8.42 Å². The zero-order chi connectivity index (χ0) is 19.0. The molecule has 0 saturated carbocycles. The molecule has 2 aromatic carbocycles. The predicted octanol–water partition coefficient (Wildman–Crippen LogP) is 2.79. The standard InChI is InChI=1S/C19H22N2O4S/c1-3-24-12-13-25-18-8-10-19(11-9-18)26(22,23)21(2)15-17-6-4-16(14-20)5-7-17/h4-11H,3,12-13,15H2,1-2H3. The fourth-order valence-corrected chi connectivity index (χ4v) is 3.44. The molecule has 0 N–H and O–H groups in total. The van der Waals surface area contributed by atoms with E-state index in [1.54, 1.807) is 36.4 Å². The van der Waals surface area contributed by atoms with Crippen LogP contribution in [0.1, 0.15) is 18.1 Å². The minimum atomic E-state index is -3.61. The second-order valence-electron chi connectivity index (χ2n) is 5.59. The summed E-state index contributed by atoms with van der Waals surface area (Å²) in [6.07, 6.45) is 0. The van der Waals surface area contributed by atoms with Crippen molar-refractivity contribution in [3.63, 3.8) is 0 Å². The third-order valence-electron chi connectivity index (χ3n) is 3.72. The number of sulfonamides is 1. The van der Waals surface area contributed by atoms with E-state index in [-0.39, 0.29) is 11.4 Å². The van der Waals surface area contributed by atoms with Crippen molar-refractivity contribution < 1.29 is 17.9 Å². The summed E-state index contributed by atoms with van der Waals surface area (Å²) in [4.78, 5) is 0.200. The molecule has 0 radical (unpaired) electrons. The van der Waals surface area contributed by atoms with Crippen molar-refractivity contribution >= 4 is 10.0 Å². The molecule has 0 heterocycles. The Kier molecular flexibility index (Phi) is 7.16. The van der Waals surface area contributed by atoms with Crippen LogP contribution in [0.5, 0.6) is 5.75 Å². The average Bonchev–Trinajstić information content (AvgIpc) is 2.66. The largest absolute Gasteiger partial charge is 0.491 e. The van der Waals surface area contributed by atoms with Crippen molar-refractivity contribution in [3.05, 3.63) is 59.7 Å². The molecule has 0 amide bonds. The second-order valence-corrected chi connectivity index (χ2v) is 7.63. The highest BCUT2D eigenvalue weighted by atomic mass is 32.2. The molecule has 6 nitrogen and oxygen atoms in total. The molecule has 0 unspecified atom stereocenters. The molecule has 2 aromatic rings. The van der Waals surface area contributed by atoms with Gasteiger partial charge < -0.3 is 9.47 Å². The van der Waals surface area contributed by atoms with E-state index in [0.717, 1.165) is 5.56 Å². The molecular weight excluding hydrogens is 352 g/mol. The average molecular weight is 374 g/mol. The predicted molar refractivity (Wildman–Crippen MR) is 98.2 cm³/mol. The Morgan fingerprint density at radius 3 is 2.27 bits per heavy atom. The van der Waals surface area contributed by atoms with Gasteiger partial charge in [-0.05, 0) is 48.9 Å². The fourth-order valence-electron chi connectivity index (χ4n) is 2.28. The lowest BCUT2D eigenvalue weighted by Gasteiger charge is -2.17. The molecule has 0 fully saturated rings. The second kappa shape index (κ2) is 9.34. The number of rotatable bonds is 9. The Hall–Kier alpha value is -2.40. The van der Waals surface area contributed by atoms with Gasteiger partial charge in [0.25, 0.3) is 0 Å². The lowest BCUT2D eigenvalue weighted by atomic mass is 10.1. The van der Waals surface area contributed by atoms with Crippen molar-refractivity contribution in [3.8, 4) is 11.8 Å². The summed E-state index contributed by atoms with van der Waals surface area (Å²) in [7, 11) is -2.08.